The zero-order valence-corrected chi connectivity index (χ0v) is 10.6. The smallest absolute Gasteiger partial charge is 0.179 e. The molecule has 1 N–H and O–H groups in total. The highest BCUT2D eigenvalue weighted by Gasteiger charge is 2.05. The lowest BCUT2D eigenvalue weighted by Crippen LogP contribution is -2.03. The van der Waals surface area contributed by atoms with E-state index in [1.165, 1.54) is 6.08 Å². The van der Waals surface area contributed by atoms with Gasteiger partial charge in [-0.15, -0.1) is 0 Å². The second-order valence-electron chi connectivity index (χ2n) is 3.54. The molecule has 0 spiro atoms. The van der Waals surface area contributed by atoms with Gasteiger partial charge in [0, 0.05) is 0 Å². The second kappa shape index (κ2) is 11.0. The Morgan fingerprint density at radius 2 is 1.65 bits per heavy atom. The maximum Gasteiger partial charge on any atom is 0.179 e. The second-order valence-corrected chi connectivity index (χ2v) is 3.54. The van der Waals surface area contributed by atoms with Crippen LogP contribution in [0.2, 0.25) is 0 Å². The molecule has 0 bridgehead atoms. The fourth-order valence-corrected chi connectivity index (χ4v) is 1.07. The van der Waals surface area contributed by atoms with Crippen molar-refractivity contribution in [2.75, 3.05) is 13.2 Å². The number of carbonyl (C=O) groups excluding carboxylic acids is 1. The van der Waals surface area contributed by atoms with Crippen LogP contribution >= 0.6 is 0 Å². The summed E-state index contributed by atoms with van der Waals surface area (Å²) in [6.07, 6.45) is 6.06. The topological polar surface area (TPSA) is 59.4 Å². The molecular formula is C13H21NO3. The average Bonchev–Trinajstić information content (AvgIpc) is 2.34. The summed E-state index contributed by atoms with van der Waals surface area (Å²) in [5.74, 6) is 2.24. The van der Waals surface area contributed by atoms with Gasteiger partial charge in [0.25, 0.3) is 0 Å². The molecular weight excluding hydrogens is 218 g/mol. The highest BCUT2D eigenvalue weighted by Crippen LogP contribution is 2.09. The van der Waals surface area contributed by atoms with Crippen LogP contribution in [0, 0.1) is 5.41 Å². The lowest BCUT2D eigenvalue weighted by Gasteiger charge is -2.10. The van der Waals surface area contributed by atoms with Gasteiger partial charge in [-0.1, -0.05) is 26.7 Å². The third-order valence-corrected chi connectivity index (χ3v) is 2.07. The van der Waals surface area contributed by atoms with Crippen LogP contribution in [0.1, 0.15) is 39.5 Å². The summed E-state index contributed by atoms with van der Waals surface area (Å²) in [6, 6.07) is 0. The molecule has 4 nitrogen and oxygen atoms in total. The largest absolute Gasteiger partial charge is 0.489 e. The maximum atomic E-state index is 10.4. The minimum Gasteiger partial charge on any atom is -0.489 e. The molecule has 0 aromatic rings. The molecule has 0 unspecified atom stereocenters. The molecule has 0 atom stereocenters. The minimum atomic E-state index is 0.290. The van der Waals surface area contributed by atoms with Gasteiger partial charge < -0.3 is 14.9 Å². The Morgan fingerprint density at radius 3 is 2.06 bits per heavy atom. The molecule has 0 saturated carbocycles. The molecule has 0 aliphatic rings. The van der Waals surface area contributed by atoms with E-state index in [9.17, 15) is 4.79 Å². The predicted molar refractivity (Wildman–Crippen MR) is 67.8 cm³/mol. The van der Waals surface area contributed by atoms with Crippen molar-refractivity contribution in [2.24, 2.45) is 0 Å². The Balaban J connectivity index is 4.52. The quantitative estimate of drug-likeness (QED) is 0.210. The van der Waals surface area contributed by atoms with Crippen molar-refractivity contribution >= 4 is 12.2 Å². The SMILES string of the molecule is CCCCO/C(C=N)=C(/C=C=O)OCCCC. The van der Waals surface area contributed by atoms with Crippen molar-refractivity contribution in [2.45, 2.75) is 39.5 Å². The van der Waals surface area contributed by atoms with Gasteiger partial charge in [-0.3, -0.25) is 0 Å². The van der Waals surface area contributed by atoms with Crippen LogP contribution in [-0.2, 0) is 14.3 Å². The van der Waals surface area contributed by atoms with Crippen LogP contribution in [0.15, 0.2) is 17.6 Å². The number of unbranched alkanes of at least 4 members (excludes halogenated alkanes) is 2. The van der Waals surface area contributed by atoms with E-state index in [1.807, 2.05) is 0 Å². The fraction of sp³-hybridized carbons (Fsp3) is 0.615. The van der Waals surface area contributed by atoms with Crippen molar-refractivity contribution in [3.05, 3.63) is 17.6 Å². The van der Waals surface area contributed by atoms with Crippen LogP contribution in [0.3, 0.4) is 0 Å². The van der Waals surface area contributed by atoms with Gasteiger partial charge in [0.2, 0.25) is 0 Å². The van der Waals surface area contributed by atoms with E-state index in [2.05, 4.69) is 13.8 Å². The van der Waals surface area contributed by atoms with Gasteiger partial charge in [-0.05, 0) is 12.8 Å². The summed E-state index contributed by atoms with van der Waals surface area (Å²) >= 11 is 0. The van der Waals surface area contributed by atoms with Gasteiger partial charge in [0.15, 0.2) is 11.5 Å². The van der Waals surface area contributed by atoms with Crippen LogP contribution in [0.5, 0.6) is 0 Å². The zero-order valence-electron chi connectivity index (χ0n) is 10.6. The molecule has 4 heteroatoms. The van der Waals surface area contributed by atoms with Gasteiger partial charge in [0.1, 0.15) is 5.94 Å². The van der Waals surface area contributed by atoms with Crippen LogP contribution < -0.4 is 0 Å². The molecule has 0 aliphatic carbocycles. The molecule has 0 aromatic heterocycles. The van der Waals surface area contributed by atoms with E-state index in [0.29, 0.717) is 19.0 Å². The first kappa shape index (κ1) is 15.5. The van der Waals surface area contributed by atoms with Crippen molar-refractivity contribution in [1.82, 2.24) is 0 Å². The Morgan fingerprint density at radius 1 is 1.12 bits per heavy atom. The van der Waals surface area contributed by atoms with Gasteiger partial charge >= 0.3 is 0 Å². The number of hydrogen-bond acceptors (Lipinski definition) is 4. The van der Waals surface area contributed by atoms with Crippen LogP contribution in [-0.4, -0.2) is 25.4 Å². The van der Waals surface area contributed by atoms with E-state index in [1.54, 1.807) is 5.94 Å². The van der Waals surface area contributed by atoms with Crippen LogP contribution in [0.4, 0.5) is 0 Å². The fourth-order valence-electron chi connectivity index (χ4n) is 1.07. The van der Waals surface area contributed by atoms with Crippen molar-refractivity contribution in [1.29, 1.82) is 5.41 Å². The lowest BCUT2D eigenvalue weighted by atomic mass is 10.3. The molecule has 17 heavy (non-hydrogen) atoms. The molecule has 96 valence electrons. The number of allylic oxidation sites excluding steroid dienone is 2. The molecule has 0 amide bonds. The molecule has 0 saturated heterocycles. The molecule has 0 aromatic carbocycles. The summed E-state index contributed by atoms with van der Waals surface area (Å²) in [7, 11) is 0. The van der Waals surface area contributed by atoms with Gasteiger partial charge in [-0.2, -0.15) is 0 Å². The number of rotatable bonds is 10. The Hall–Kier alpha value is -1.54. The maximum absolute atomic E-state index is 10.4. The van der Waals surface area contributed by atoms with Crippen molar-refractivity contribution < 1.29 is 14.3 Å². The minimum absolute atomic E-state index is 0.290. The molecule has 0 radical (unpaired) electrons. The third-order valence-electron chi connectivity index (χ3n) is 2.07. The summed E-state index contributed by atoms with van der Waals surface area (Å²) in [5, 5.41) is 7.25. The highest BCUT2D eigenvalue weighted by atomic mass is 16.5. The monoisotopic (exact) mass is 239 g/mol. The number of hydrogen-bond donors (Lipinski definition) is 1. The first-order chi connectivity index (χ1) is 8.29. The standard InChI is InChI=1S/C13H21NO3/c1-3-5-9-16-12(7-8-15)13(11-14)17-10-6-4-2/h7,11,14H,3-6,9-10H2,1-2H3/b13-12-,14-11?. The first-order valence-corrected chi connectivity index (χ1v) is 6.01. The number of nitrogens with one attached hydrogen (secondary N) is 1. The van der Waals surface area contributed by atoms with E-state index in [4.69, 9.17) is 14.9 Å². The van der Waals surface area contributed by atoms with E-state index >= 15 is 0 Å². The lowest BCUT2D eigenvalue weighted by molar-refractivity contribution is 0.171. The van der Waals surface area contributed by atoms with E-state index < -0.39 is 0 Å². The van der Waals surface area contributed by atoms with Crippen molar-refractivity contribution in [3.8, 4) is 0 Å². The molecule has 0 aliphatic heterocycles. The summed E-state index contributed by atoms with van der Waals surface area (Å²) < 4.78 is 10.8. The normalized spacial score (nSPS) is 11.2. The predicted octanol–water partition coefficient (Wildman–Crippen LogP) is 2.87. The Labute approximate surface area is 103 Å². The summed E-state index contributed by atoms with van der Waals surface area (Å²) in [4.78, 5) is 10.4. The Bertz CT molecular complexity index is 291. The first-order valence-electron chi connectivity index (χ1n) is 6.01. The highest BCUT2D eigenvalue weighted by molar-refractivity contribution is 5.75. The summed E-state index contributed by atoms with van der Waals surface area (Å²) in [6.45, 7) is 5.14. The summed E-state index contributed by atoms with van der Waals surface area (Å²) in [5.41, 5.74) is 0. The molecule has 0 heterocycles. The van der Waals surface area contributed by atoms with Crippen LogP contribution in [0.25, 0.3) is 0 Å². The Kier molecular flexibility index (Phi) is 9.97. The zero-order chi connectivity index (χ0) is 12.9. The van der Waals surface area contributed by atoms with E-state index in [0.717, 1.165) is 31.9 Å². The molecule has 0 rings (SSSR count). The van der Waals surface area contributed by atoms with Gasteiger partial charge in [0.05, 0.1) is 25.5 Å². The third kappa shape index (κ3) is 7.36. The van der Waals surface area contributed by atoms with Crippen molar-refractivity contribution in [3.63, 3.8) is 0 Å². The van der Waals surface area contributed by atoms with E-state index in [-0.39, 0.29) is 5.76 Å². The average molecular weight is 239 g/mol. The number of ether oxygens (including phenoxy) is 2. The molecule has 0 fully saturated rings. The van der Waals surface area contributed by atoms with Gasteiger partial charge in [-0.25, -0.2) is 4.79 Å².